The summed E-state index contributed by atoms with van der Waals surface area (Å²) in [5, 5.41) is 0. The number of hydrogen-bond donors (Lipinski definition) is 0. The van der Waals surface area contributed by atoms with Crippen LogP contribution in [-0.4, -0.2) is 77.8 Å². The molecule has 30 heavy (non-hydrogen) atoms. The van der Waals surface area contributed by atoms with Crippen molar-refractivity contribution in [3.8, 4) is 0 Å². The van der Waals surface area contributed by atoms with Crippen LogP contribution >= 0.6 is 0 Å². The average molecular weight is 416 g/mol. The fourth-order valence-corrected chi connectivity index (χ4v) is 4.54. The summed E-state index contributed by atoms with van der Waals surface area (Å²) in [4.78, 5) is 30.5. The van der Waals surface area contributed by atoms with Crippen LogP contribution < -0.4 is 0 Å². The van der Waals surface area contributed by atoms with Crippen LogP contribution in [0, 0.1) is 5.41 Å². The van der Waals surface area contributed by atoms with Crippen molar-refractivity contribution in [2.45, 2.75) is 51.9 Å². The zero-order valence-corrected chi connectivity index (χ0v) is 18.3. The molecule has 1 aromatic carbocycles. The van der Waals surface area contributed by atoms with Gasteiger partial charge in [0.05, 0.1) is 0 Å². The molecule has 1 aromatic rings. The minimum absolute atomic E-state index is 0.195. The molecule has 2 amide bonds. The Bertz CT molecular complexity index is 754. The first-order chi connectivity index (χ1) is 14.2. The molecule has 0 N–H and O–H groups in total. The second-order valence-electron chi connectivity index (χ2n) is 9.97. The van der Waals surface area contributed by atoms with Crippen molar-refractivity contribution in [2.75, 3.05) is 39.3 Å². The number of amides is 2. The largest absolute Gasteiger partial charge is 0.445 e. The summed E-state index contributed by atoms with van der Waals surface area (Å²) in [5.41, 5.74) is 0.817. The van der Waals surface area contributed by atoms with Gasteiger partial charge in [0.2, 0.25) is 0 Å². The van der Waals surface area contributed by atoms with Gasteiger partial charge in [-0.05, 0) is 52.3 Å². The average Bonchev–Trinajstić information content (AvgIpc) is 2.63. The van der Waals surface area contributed by atoms with Crippen molar-refractivity contribution in [1.29, 1.82) is 0 Å². The number of rotatable bonds is 3. The molecule has 0 unspecified atom stereocenters. The summed E-state index contributed by atoms with van der Waals surface area (Å²) in [6.07, 6.45) is 1.78. The normalized spacial score (nSPS) is 21.7. The number of benzene rings is 1. The highest BCUT2D eigenvalue weighted by Gasteiger charge is 2.49. The number of ether oxygens (including phenoxy) is 2. The number of carbonyl (C=O) groups excluding carboxylic acids is 2. The fraction of sp³-hybridized carbons (Fsp3) is 0.652. The second-order valence-corrected chi connectivity index (χ2v) is 9.97. The topological polar surface area (TPSA) is 62.3 Å². The van der Waals surface area contributed by atoms with E-state index in [1.54, 1.807) is 4.90 Å². The lowest BCUT2D eigenvalue weighted by Gasteiger charge is -2.56. The molecule has 0 saturated carbocycles. The summed E-state index contributed by atoms with van der Waals surface area (Å²) in [6.45, 7) is 11.2. The summed E-state index contributed by atoms with van der Waals surface area (Å²) >= 11 is 0. The van der Waals surface area contributed by atoms with Gasteiger partial charge in [-0.25, -0.2) is 9.59 Å². The Hall–Kier alpha value is -2.28. The molecule has 0 radical (unpaired) electrons. The third-order valence-corrected chi connectivity index (χ3v) is 6.40. The monoisotopic (exact) mass is 415 g/mol. The molecule has 3 saturated heterocycles. The molecule has 1 spiro atoms. The van der Waals surface area contributed by atoms with Gasteiger partial charge >= 0.3 is 12.2 Å². The molecule has 3 heterocycles. The van der Waals surface area contributed by atoms with Crippen LogP contribution in [0.25, 0.3) is 0 Å². The van der Waals surface area contributed by atoms with Crippen LogP contribution in [0.4, 0.5) is 9.59 Å². The van der Waals surface area contributed by atoms with Gasteiger partial charge < -0.3 is 19.3 Å². The molecular formula is C23H33N3O4. The highest BCUT2D eigenvalue weighted by atomic mass is 16.6. The lowest BCUT2D eigenvalue weighted by molar-refractivity contribution is -0.0740. The Morgan fingerprint density at radius 1 is 1.00 bits per heavy atom. The first-order valence-corrected chi connectivity index (χ1v) is 10.9. The van der Waals surface area contributed by atoms with Crippen molar-refractivity contribution < 1.29 is 19.1 Å². The molecule has 7 heteroatoms. The Kier molecular flexibility index (Phi) is 5.66. The first kappa shape index (κ1) is 21.0. The molecule has 4 rings (SSSR count). The van der Waals surface area contributed by atoms with Gasteiger partial charge in [-0.1, -0.05) is 30.3 Å². The quantitative estimate of drug-likeness (QED) is 0.758. The summed E-state index contributed by atoms with van der Waals surface area (Å²) < 4.78 is 10.9. The summed E-state index contributed by atoms with van der Waals surface area (Å²) in [7, 11) is 0. The highest BCUT2D eigenvalue weighted by molar-refractivity contribution is 5.69. The van der Waals surface area contributed by atoms with Crippen LogP contribution in [0.1, 0.15) is 39.2 Å². The van der Waals surface area contributed by atoms with Crippen LogP contribution in [0.2, 0.25) is 0 Å². The number of piperidine rings is 1. The van der Waals surface area contributed by atoms with E-state index in [0.717, 1.165) is 57.7 Å². The van der Waals surface area contributed by atoms with E-state index in [2.05, 4.69) is 4.90 Å². The lowest BCUT2D eigenvalue weighted by Crippen LogP contribution is -2.66. The number of nitrogens with zero attached hydrogens (tertiary/aromatic N) is 3. The smallest absolute Gasteiger partial charge is 0.410 e. The zero-order chi connectivity index (χ0) is 21.4. The molecule has 3 aliphatic rings. The molecule has 3 aliphatic heterocycles. The van der Waals surface area contributed by atoms with Gasteiger partial charge in [0.1, 0.15) is 12.2 Å². The van der Waals surface area contributed by atoms with Gasteiger partial charge in [0.25, 0.3) is 0 Å². The van der Waals surface area contributed by atoms with E-state index in [1.165, 1.54) is 0 Å². The predicted molar refractivity (Wildman–Crippen MR) is 113 cm³/mol. The van der Waals surface area contributed by atoms with Crippen LogP contribution in [0.3, 0.4) is 0 Å². The van der Waals surface area contributed by atoms with Crippen molar-refractivity contribution >= 4 is 12.2 Å². The first-order valence-electron chi connectivity index (χ1n) is 10.9. The summed E-state index contributed by atoms with van der Waals surface area (Å²) in [6, 6.07) is 10.2. The molecular weight excluding hydrogens is 382 g/mol. The van der Waals surface area contributed by atoms with Crippen molar-refractivity contribution in [1.82, 2.24) is 14.7 Å². The van der Waals surface area contributed by atoms with E-state index in [1.807, 2.05) is 56.0 Å². The zero-order valence-electron chi connectivity index (χ0n) is 18.3. The van der Waals surface area contributed by atoms with E-state index in [0.29, 0.717) is 12.6 Å². The Balaban J connectivity index is 1.14. The Morgan fingerprint density at radius 2 is 1.63 bits per heavy atom. The third kappa shape index (κ3) is 4.72. The second kappa shape index (κ2) is 8.10. The lowest BCUT2D eigenvalue weighted by atomic mass is 9.72. The van der Waals surface area contributed by atoms with Gasteiger partial charge in [-0.2, -0.15) is 0 Å². The van der Waals surface area contributed by atoms with Crippen molar-refractivity contribution in [2.24, 2.45) is 5.41 Å². The van der Waals surface area contributed by atoms with Gasteiger partial charge in [-0.15, -0.1) is 0 Å². The molecule has 0 aliphatic carbocycles. The SMILES string of the molecule is CC(C)(C)OC(=O)N1CC2(CCN(C3CN(C(=O)OCc4ccccc4)C3)CC2)C1. The van der Waals surface area contributed by atoms with E-state index in [-0.39, 0.29) is 17.6 Å². The minimum atomic E-state index is -0.443. The van der Waals surface area contributed by atoms with E-state index in [4.69, 9.17) is 9.47 Å². The molecule has 0 atom stereocenters. The van der Waals surface area contributed by atoms with Crippen LogP contribution in [-0.2, 0) is 16.1 Å². The molecule has 0 bridgehead atoms. The van der Waals surface area contributed by atoms with Crippen LogP contribution in [0.15, 0.2) is 30.3 Å². The third-order valence-electron chi connectivity index (χ3n) is 6.40. The van der Waals surface area contributed by atoms with Gasteiger partial charge in [-0.3, -0.25) is 4.90 Å². The maximum Gasteiger partial charge on any atom is 0.410 e. The molecule has 0 aromatic heterocycles. The van der Waals surface area contributed by atoms with E-state index in [9.17, 15) is 9.59 Å². The van der Waals surface area contributed by atoms with Gasteiger partial charge in [0, 0.05) is 37.6 Å². The molecule has 3 fully saturated rings. The number of carbonyl (C=O) groups is 2. The predicted octanol–water partition coefficient (Wildman–Crippen LogP) is 3.34. The van der Waals surface area contributed by atoms with Crippen LogP contribution in [0.5, 0.6) is 0 Å². The van der Waals surface area contributed by atoms with Crippen molar-refractivity contribution in [3.05, 3.63) is 35.9 Å². The standard InChI is InChI=1S/C23H33N3O4/c1-22(2,3)30-21(28)26-16-23(17-26)9-11-24(12-10-23)19-13-25(14-19)20(27)29-15-18-7-5-4-6-8-18/h4-8,19H,9-17H2,1-3H3. The van der Waals surface area contributed by atoms with Crippen molar-refractivity contribution in [3.63, 3.8) is 0 Å². The maximum absolute atomic E-state index is 12.2. The van der Waals surface area contributed by atoms with E-state index >= 15 is 0 Å². The minimum Gasteiger partial charge on any atom is -0.445 e. The molecule has 7 nitrogen and oxygen atoms in total. The Morgan fingerprint density at radius 3 is 2.23 bits per heavy atom. The van der Waals surface area contributed by atoms with Gasteiger partial charge in [0.15, 0.2) is 0 Å². The van der Waals surface area contributed by atoms with E-state index < -0.39 is 5.60 Å². The Labute approximate surface area is 178 Å². The number of hydrogen-bond acceptors (Lipinski definition) is 5. The number of likely N-dealkylation sites (tertiary alicyclic amines) is 3. The highest BCUT2D eigenvalue weighted by Crippen LogP contribution is 2.41. The summed E-state index contributed by atoms with van der Waals surface area (Å²) in [5.74, 6) is 0. The fourth-order valence-electron chi connectivity index (χ4n) is 4.54. The maximum atomic E-state index is 12.2. The molecule has 164 valence electrons.